The summed E-state index contributed by atoms with van der Waals surface area (Å²) in [7, 11) is 0. The van der Waals surface area contributed by atoms with E-state index in [1.807, 2.05) is 0 Å². The van der Waals surface area contributed by atoms with Gasteiger partial charge < -0.3 is 40.5 Å². The zero-order valence-electron chi connectivity index (χ0n) is 27.6. The molecule has 0 spiro atoms. The summed E-state index contributed by atoms with van der Waals surface area (Å²) in [6.07, 6.45) is 1.48. The number of oxime groups is 1. The van der Waals surface area contributed by atoms with Crippen LogP contribution in [0.4, 0.5) is 5.13 Å². The number of hydrogen-bond acceptors (Lipinski definition) is 13. The number of quaternary nitrogens is 1. The van der Waals surface area contributed by atoms with E-state index in [0.29, 0.717) is 28.7 Å². The van der Waals surface area contributed by atoms with Gasteiger partial charge in [-0.25, -0.2) is 9.78 Å². The number of likely N-dealkylation sites (tertiary alicyclic amines) is 1. The van der Waals surface area contributed by atoms with Gasteiger partial charge in [0.05, 0.1) is 59.7 Å². The number of Topliss-reactive ketones (excluding diaryl/α,β-unsaturated/α-hetero) is 1. The van der Waals surface area contributed by atoms with E-state index in [4.69, 9.17) is 22.2 Å². The number of carbonyl (C=O) groups excluding carboxylic acids is 4. The summed E-state index contributed by atoms with van der Waals surface area (Å²) in [5.41, 5.74) is 4.72. The van der Waals surface area contributed by atoms with Gasteiger partial charge in [0.15, 0.2) is 16.6 Å². The summed E-state index contributed by atoms with van der Waals surface area (Å²) in [6.45, 7) is 6.76. The predicted octanol–water partition coefficient (Wildman–Crippen LogP) is 1.51. The Bertz CT molecular complexity index is 1800. The van der Waals surface area contributed by atoms with Gasteiger partial charge in [-0.3, -0.25) is 19.3 Å². The van der Waals surface area contributed by atoms with Gasteiger partial charge in [0.25, 0.3) is 5.91 Å². The van der Waals surface area contributed by atoms with Crippen molar-refractivity contribution in [3.8, 4) is 5.75 Å². The summed E-state index contributed by atoms with van der Waals surface area (Å²) in [4.78, 5) is 74.4. The minimum absolute atomic E-state index is 0.0112. The summed E-state index contributed by atoms with van der Waals surface area (Å²) >= 11 is 8.67. The monoisotopic (exact) mass is 748 g/mol. The molecule has 1 aromatic carbocycles. The molecule has 2 aromatic rings. The number of phenols is 1. The fraction of sp³-hybridized carbons (Fsp3) is 0.469. The molecule has 4 heterocycles. The van der Waals surface area contributed by atoms with Gasteiger partial charge in [-0.1, -0.05) is 16.8 Å². The highest BCUT2D eigenvalue weighted by Gasteiger charge is 2.53. The van der Waals surface area contributed by atoms with E-state index in [0.717, 1.165) is 37.3 Å². The molecule has 0 bridgehead atoms. The highest BCUT2D eigenvalue weighted by molar-refractivity contribution is 8.00. The minimum Gasteiger partial charge on any atom is -0.543 e. The van der Waals surface area contributed by atoms with Crippen LogP contribution in [0.15, 0.2) is 33.9 Å². The number of aromatic nitrogens is 1. The average molecular weight is 749 g/mol. The third kappa shape index (κ3) is 7.45. The van der Waals surface area contributed by atoms with Gasteiger partial charge in [-0.2, -0.15) is 0 Å². The molecule has 0 aliphatic carbocycles. The second-order valence-corrected chi connectivity index (χ2v) is 15.4. The number of anilines is 1. The number of fused-ring (bicyclic) bond motifs is 1. The average Bonchev–Trinajstić information content (AvgIpc) is 3.71. The molecule has 18 heteroatoms. The number of carboxylic acid groups (broad SMARTS) is 2. The van der Waals surface area contributed by atoms with Crippen LogP contribution >= 0.6 is 34.7 Å². The van der Waals surface area contributed by atoms with Crippen LogP contribution in [0.1, 0.15) is 54.7 Å². The molecule has 0 radical (unpaired) electrons. The lowest BCUT2D eigenvalue weighted by molar-refractivity contribution is -0.911. The summed E-state index contributed by atoms with van der Waals surface area (Å²) < 4.78 is 0.507. The number of hydrogen-bond donors (Lipinski definition) is 4. The highest BCUT2D eigenvalue weighted by Crippen LogP contribution is 2.46. The molecule has 5 rings (SSSR count). The third-order valence-electron chi connectivity index (χ3n) is 9.18. The molecule has 3 aliphatic heterocycles. The summed E-state index contributed by atoms with van der Waals surface area (Å²) in [5.74, 6) is -5.00. The van der Waals surface area contributed by atoms with Crippen molar-refractivity contribution < 1.29 is 48.6 Å². The topological polar surface area (TPSA) is 225 Å². The largest absolute Gasteiger partial charge is 0.543 e. The number of carbonyl (C=O) groups is 5. The zero-order valence-corrected chi connectivity index (χ0v) is 30.0. The predicted molar refractivity (Wildman–Crippen MR) is 183 cm³/mol. The molecule has 0 unspecified atom stereocenters. The van der Waals surface area contributed by atoms with E-state index >= 15 is 0 Å². The van der Waals surface area contributed by atoms with Gasteiger partial charge in [0.2, 0.25) is 11.5 Å². The fourth-order valence-electron chi connectivity index (χ4n) is 6.28. The number of aromatic hydroxyl groups is 1. The zero-order chi connectivity index (χ0) is 36.5. The van der Waals surface area contributed by atoms with Gasteiger partial charge in [-0.15, -0.1) is 23.1 Å². The van der Waals surface area contributed by atoms with Crippen molar-refractivity contribution in [3.63, 3.8) is 0 Å². The Morgan fingerprint density at radius 1 is 1.26 bits per heavy atom. The number of amides is 2. The van der Waals surface area contributed by atoms with Gasteiger partial charge in [0.1, 0.15) is 18.0 Å². The molecular weight excluding hydrogens is 712 g/mol. The van der Waals surface area contributed by atoms with Gasteiger partial charge >= 0.3 is 5.97 Å². The SMILES string of the molecule is Cc1c(O)ccc(C(=O)NCC[N+]2(CC3=C(C(=O)[O-])N4C(=O)[C@@H](CC(=O)/C(=N\OC(C)(C)C(=O)O)c5csc(N)n5)[C@H]4SC3)CCCC2)c1Cl. The summed E-state index contributed by atoms with van der Waals surface area (Å²) in [5, 5.41) is 39.6. The van der Waals surface area contributed by atoms with Crippen LogP contribution in [0.5, 0.6) is 5.75 Å². The first-order valence-corrected chi connectivity index (χ1v) is 18.1. The maximum atomic E-state index is 13.5. The van der Waals surface area contributed by atoms with Crippen LogP contribution in [-0.2, 0) is 24.0 Å². The maximum Gasteiger partial charge on any atom is 0.350 e. The number of nitrogen functional groups attached to an aromatic ring is 1. The number of benzene rings is 1. The van der Waals surface area contributed by atoms with Crippen LogP contribution in [0.3, 0.4) is 0 Å². The van der Waals surface area contributed by atoms with Crippen molar-refractivity contribution in [1.82, 2.24) is 15.2 Å². The lowest BCUT2D eigenvalue weighted by Crippen LogP contribution is -2.64. The van der Waals surface area contributed by atoms with Crippen molar-refractivity contribution in [2.45, 2.75) is 51.0 Å². The van der Waals surface area contributed by atoms with E-state index in [1.165, 1.54) is 48.0 Å². The molecule has 50 heavy (non-hydrogen) atoms. The first-order chi connectivity index (χ1) is 23.5. The molecule has 2 amide bonds. The van der Waals surface area contributed by atoms with Crippen LogP contribution < -0.4 is 16.2 Å². The number of carboxylic acids is 2. The molecule has 15 nitrogen and oxygen atoms in total. The van der Waals surface area contributed by atoms with Crippen LogP contribution in [0.25, 0.3) is 0 Å². The quantitative estimate of drug-likeness (QED) is 0.0934. The van der Waals surface area contributed by atoms with Crippen LogP contribution in [0.2, 0.25) is 5.02 Å². The summed E-state index contributed by atoms with van der Waals surface area (Å²) in [6, 6.07) is 2.86. The highest BCUT2D eigenvalue weighted by atomic mass is 35.5. The molecule has 1 aromatic heterocycles. The first kappa shape index (κ1) is 37.1. The number of rotatable bonds is 14. The van der Waals surface area contributed by atoms with Crippen molar-refractivity contribution in [2.24, 2.45) is 11.1 Å². The Morgan fingerprint density at radius 3 is 2.58 bits per heavy atom. The lowest BCUT2D eigenvalue weighted by Gasteiger charge is -2.51. The standard InChI is InChI=1S/C32H37ClN6O9S2/c1-16-21(40)7-6-18(23(16)33)26(42)35-8-11-39(9-4-5-10-39)13-17-14-49-28-19(27(43)38(28)25(17)29(44)45)12-22(41)24(20-15-50-31(34)36-20)37-48-32(2,3)30(46)47/h6-7,15,19,28H,4-5,8-14H2,1-3H3,(H5-,34,35,36,40,42,44,45,46,47)/b37-24-/t19-,28-/m1/s1. The van der Waals surface area contributed by atoms with Crippen molar-refractivity contribution >= 4 is 75.1 Å². The Balaban J connectivity index is 1.29. The number of nitrogens with two attached hydrogens (primary N) is 1. The Hall–Kier alpha value is -4.19. The number of thioether (sulfide) groups is 1. The molecule has 268 valence electrons. The van der Waals surface area contributed by atoms with E-state index < -0.39 is 46.4 Å². The van der Waals surface area contributed by atoms with Crippen molar-refractivity contribution in [3.05, 3.63) is 50.6 Å². The first-order valence-electron chi connectivity index (χ1n) is 15.8. The smallest absolute Gasteiger partial charge is 0.350 e. The van der Waals surface area contributed by atoms with Gasteiger partial charge in [-0.05, 0) is 32.9 Å². The molecule has 2 atom stereocenters. The van der Waals surface area contributed by atoms with E-state index in [2.05, 4.69) is 15.5 Å². The second-order valence-electron chi connectivity index (χ2n) is 13.0. The van der Waals surface area contributed by atoms with E-state index in [9.17, 15) is 39.3 Å². The molecule has 2 saturated heterocycles. The Kier molecular flexibility index (Phi) is 10.8. The number of nitrogens with zero attached hydrogens (tertiary/aromatic N) is 4. The van der Waals surface area contributed by atoms with Crippen molar-refractivity contribution in [2.75, 3.05) is 44.2 Å². The molecule has 3 aliphatic rings. The van der Waals surface area contributed by atoms with Crippen molar-refractivity contribution in [1.29, 1.82) is 0 Å². The number of phenolic OH excluding ortho intramolecular Hbond substituents is 1. The second kappa shape index (κ2) is 14.6. The van der Waals surface area contributed by atoms with Crippen LogP contribution in [-0.4, -0.2) is 109 Å². The fourth-order valence-corrected chi connectivity index (χ4v) is 8.48. The van der Waals surface area contributed by atoms with E-state index in [1.54, 1.807) is 6.92 Å². The number of aliphatic carboxylic acids is 2. The normalized spacial score (nSPS) is 20.3. The van der Waals surface area contributed by atoms with Crippen LogP contribution in [0, 0.1) is 12.8 Å². The maximum absolute atomic E-state index is 13.5. The minimum atomic E-state index is -1.76. The van der Waals surface area contributed by atoms with E-state index in [-0.39, 0.29) is 57.3 Å². The number of halogens is 1. The third-order valence-corrected chi connectivity index (χ3v) is 11.7. The van der Waals surface area contributed by atoms with Gasteiger partial charge in [0, 0.05) is 41.5 Å². The number of thiazole rings is 1. The lowest BCUT2D eigenvalue weighted by atomic mass is 9.89. The molecular formula is C32H37ClN6O9S2. The number of β-lactam (4-membered cyclic amide) rings is 1. The molecule has 5 N–H and O–H groups in total. The molecule has 2 fully saturated rings. The Morgan fingerprint density at radius 2 is 1.96 bits per heavy atom. The Labute approximate surface area is 300 Å². The number of ketones is 1. The number of nitrogens with one attached hydrogen (secondary N) is 1. The molecule has 0 saturated carbocycles.